The Balaban J connectivity index is 1.81. The van der Waals surface area contributed by atoms with E-state index in [1.165, 1.54) is 0 Å². The van der Waals surface area contributed by atoms with Crippen molar-refractivity contribution in [3.8, 4) is 0 Å². The van der Waals surface area contributed by atoms with E-state index < -0.39 is 5.54 Å². The van der Waals surface area contributed by atoms with Crippen LogP contribution in [0.25, 0.3) is 11.0 Å². The highest BCUT2D eigenvalue weighted by Gasteiger charge is 2.37. The average Bonchev–Trinajstić information content (AvgIpc) is 3.23. The molecule has 0 aliphatic carbocycles. The molecule has 5 aromatic rings. The molecule has 156 valence electrons. The van der Waals surface area contributed by atoms with E-state index in [-0.39, 0.29) is 0 Å². The number of carbonyl (C=O) groups is 1. The number of aldehydes is 1. The van der Waals surface area contributed by atoms with Crippen molar-refractivity contribution in [2.75, 3.05) is 5.32 Å². The molecule has 0 spiro atoms. The quantitative estimate of drug-likeness (QED) is 0.258. The number of aromatic nitrogens is 1. The van der Waals surface area contributed by atoms with E-state index in [0.29, 0.717) is 16.8 Å². The first-order chi connectivity index (χ1) is 15.7. The van der Waals surface area contributed by atoms with Crippen molar-refractivity contribution in [3.05, 3.63) is 131 Å². The third kappa shape index (κ3) is 3.26. The van der Waals surface area contributed by atoms with Crippen LogP contribution in [-0.4, -0.2) is 11.4 Å². The molecule has 0 aliphatic rings. The van der Waals surface area contributed by atoms with Crippen molar-refractivity contribution in [2.45, 2.75) is 12.5 Å². The smallest absolute Gasteiger partial charge is 0.169 e. The van der Waals surface area contributed by atoms with Crippen LogP contribution in [0.15, 0.2) is 108 Å². The molecule has 1 aromatic heterocycles. The van der Waals surface area contributed by atoms with E-state index in [1.807, 2.05) is 73.7 Å². The summed E-state index contributed by atoms with van der Waals surface area (Å²) in [5, 5.41) is 8.64. The van der Waals surface area contributed by atoms with E-state index in [4.69, 9.17) is 4.52 Å². The Bertz CT molecular complexity index is 1260. The number of anilines is 1. The van der Waals surface area contributed by atoms with Gasteiger partial charge in [-0.05, 0) is 29.7 Å². The Morgan fingerprint density at radius 3 is 1.75 bits per heavy atom. The lowest BCUT2D eigenvalue weighted by Gasteiger charge is -2.38. The second-order valence-corrected chi connectivity index (χ2v) is 7.79. The predicted molar refractivity (Wildman–Crippen MR) is 127 cm³/mol. The number of carbonyl (C=O) groups excluding carboxylic acids is 1. The molecule has 4 aromatic carbocycles. The van der Waals surface area contributed by atoms with Crippen molar-refractivity contribution >= 4 is 22.9 Å². The second-order valence-electron chi connectivity index (χ2n) is 7.79. The molecule has 0 fully saturated rings. The maximum atomic E-state index is 12.1. The summed E-state index contributed by atoms with van der Waals surface area (Å²) < 4.78 is 5.51. The zero-order valence-electron chi connectivity index (χ0n) is 17.7. The summed E-state index contributed by atoms with van der Waals surface area (Å²) in [7, 11) is 0. The van der Waals surface area contributed by atoms with E-state index in [9.17, 15) is 4.79 Å². The molecule has 4 nitrogen and oxygen atoms in total. The van der Waals surface area contributed by atoms with Gasteiger partial charge in [-0.15, -0.1) is 0 Å². The average molecular weight is 418 g/mol. The van der Waals surface area contributed by atoms with Gasteiger partial charge in [-0.1, -0.05) is 96.2 Å². The topological polar surface area (TPSA) is 55.1 Å². The molecule has 0 atom stereocenters. The maximum absolute atomic E-state index is 12.1. The number of nitrogens with zero attached hydrogens (tertiary/aromatic N) is 1. The van der Waals surface area contributed by atoms with E-state index >= 15 is 0 Å². The number of fused-ring (bicyclic) bond motifs is 1. The first-order valence-corrected chi connectivity index (χ1v) is 10.5. The molecule has 32 heavy (non-hydrogen) atoms. The number of rotatable bonds is 6. The fourth-order valence-corrected chi connectivity index (χ4v) is 4.31. The SMILES string of the molecule is Cc1noc2cc(NC(c3ccccc3)(c3ccccc3)c3ccccc3)c(C=O)cc12. The van der Waals surface area contributed by atoms with Gasteiger partial charge in [0.25, 0.3) is 0 Å². The monoisotopic (exact) mass is 418 g/mol. The summed E-state index contributed by atoms with van der Waals surface area (Å²) in [4.78, 5) is 12.1. The van der Waals surface area contributed by atoms with Crippen LogP contribution in [-0.2, 0) is 5.54 Å². The normalized spacial score (nSPS) is 11.4. The molecule has 5 rings (SSSR count). The molecule has 0 saturated heterocycles. The fraction of sp³-hybridized carbons (Fsp3) is 0.0714. The van der Waals surface area contributed by atoms with Gasteiger partial charge in [0.15, 0.2) is 11.9 Å². The lowest BCUT2D eigenvalue weighted by molar-refractivity contribution is 0.112. The highest BCUT2D eigenvalue weighted by atomic mass is 16.5. The molecule has 1 heterocycles. The van der Waals surface area contributed by atoms with E-state index in [2.05, 4.69) is 46.9 Å². The summed E-state index contributed by atoms with van der Waals surface area (Å²) in [6.45, 7) is 1.87. The Morgan fingerprint density at radius 2 is 1.28 bits per heavy atom. The number of benzene rings is 4. The van der Waals surface area contributed by atoms with Crippen molar-refractivity contribution in [1.82, 2.24) is 5.16 Å². The van der Waals surface area contributed by atoms with Crippen LogP contribution in [0.5, 0.6) is 0 Å². The zero-order chi connectivity index (χ0) is 22.0. The molecule has 0 aliphatic heterocycles. The third-order valence-electron chi connectivity index (χ3n) is 5.89. The first kappa shape index (κ1) is 19.8. The van der Waals surface area contributed by atoms with Crippen LogP contribution in [0.3, 0.4) is 0 Å². The Labute approximate surface area is 186 Å². The van der Waals surface area contributed by atoms with Crippen molar-refractivity contribution in [3.63, 3.8) is 0 Å². The minimum absolute atomic E-state index is 0.552. The number of hydrogen-bond donors (Lipinski definition) is 1. The molecule has 4 heteroatoms. The highest BCUT2D eigenvalue weighted by molar-refractivity contribution is 5.94. The van der Waals surface area contributed by atoms with Crippen LogP contribution in [0.1, 0.15) is 32.7 Å². The fourth-order valence-electron chi connectivity index (χ4n) is 4.31. The Morgan fingerprint density at radius 1 is 0.781 bits per heavy atom. The van der Waals surface area contributed by atoms with Gasteiger partial charge >= 0.3 is 0 Å². The summed E-state index contributed by atoms with van der Waals surface area (Å²) in [6, 6.07) is 34.5. The van der Waals surface area contributed by atoms with Gasteiger partial charge < -0.3 is 9.84 Å². The van der Waals surface area contributed by atoms with Crippen molar-refractivity contribution in [1.29, 1.82) is 0 Å². The predicted octanol–water partition coefficient (Wildman–Crippen LogP) is 6.35. The summed E-state index contributed by atoms with van der Waals surface area (Å²) in [5.74, 6) is 0. The Hall–Kier alpha value is -4.18. The lowest BCUT2D eigenvalue weighted by Crippen LogP contribution is -2.38. The van der Waals surface area contributed by atoms with Gasteiger partial charge in [0.2, 0.25) is 0 Å². The number of nitrogens with one attached hydrogen (secondary N) is 1. The van der Waals surface area contributed by atoms with Crippen molar-refractivity contribution in [2.24, 2.45) is 0 Å². The molecule has 0 radical (unpaired) electrons. The van der Waals surface area contributed by atoms with Gasteiger partial charge in [0, 0.05) is 22.7 Å². The standard InChI is InChI=1S/C28H22N2O2/c1-20-25-17-21(19-31)26(18-27(25)32-30-20)29-28(22-11-5-2-6-12-22,23-13-7-3-8-14-23)24-15-9-4-10-16-24/h2-19,29H,1H3. The van der Waals surface area contributed by atoms with Gasteiger partial charge in [-0.3, -0.25) is 4.79 Å². The lowest BCUT2D eigenvalue weighted by atomic mass is 9.76. The van der Waals surface area contributed by atoms with Crippen LogP contribution in [0.2, 0.25) is 0 Å². The van der Waals surface area contributed by atoms with Gasteiger partial charge in [-0.2, -0.15) is 0 Å². The molecular weight excluding hydrogens is 396 g/mol. The minimum atomic E-state index is -0.732. The van der Waals surface area contributed by atoms with E-state index in [1.54, 1.807) is 0 Å². The van der Waals surface area contributed by atoms with Crippen molar-refractivity contribution < 1.29 is 9.32 Å². The molecule has 0 amide bonds. The molecule has 0 saturated carbocycles. The minimum Gasteiger partial charge on any atom is -0.367 e. The molecule has 1 N–H and O–H groups in total. The van der Waals surface area contributed by atoms with Gasteiger partial charge in [-0.25, -0.2) is 0 Å². The zero-order valence-corrected chi connectivity index (χ0v) is 17.7. The van der Waals surface area contributed by atoms with E-state index in [0.717, 1.165) is 34.1 Å². The molecule has 0 unspecified atom stereocenters. The van der Waals surface area contributed by atoms with Crippen LogP contribution in [0.4, 0.5) is 5.69 Å². The van der Waals surface area contributed by atoms with Crippen LogP contribution >= 0.6 is 0 Å². The summed E-state index contributed by atoms with van der Waals surface area (Å²) >= 11 is 0. The second kappa shape index (κ2) is 8.16. The van der Waals surface area contributed by atoms with Gasteiger partial charge in [0.1, 0.15) is 5.54 Å². The summed E-state index contributed by atoms with van der Waals surface area (Å²) in [6.07, 6.45) is 0.875. The molecular formula is C28H22N2O2. The highest BCUT2D eigenvalue weighted by Crippen LogP contribution is 2.41. The van der Waals surface area contributed by atoms with Gasteiger partial charge in [0.05, 0.1) is 5.69 Å². The Kier molecular flexibility index (Phi) is 5.04. The third-order valence-corrected chi connectivity index (χ3v) is 5.89. The maximum Gasteiger partial charge on any atom is 0.169 e. The molecule has 0 bridgehead atoms. The first-order valence-electron chi connectivity index (χ1n) is 10.5. The number of hydrogen-bond acceptors (Lipinski definition) is 4. The summed E-state index contributed by atoms with van der Waals surface area (Å²) in [5.41, 5.74) is 5.07. The van der Waals surface area contributed by atoms with Crippen LogP contribution in [0, 0.1) is 6.92 Å². The largest absolute Gasteiger partial charge is 0.367 e. The number of aryl methyl sites for hydroxylation is 1. The van der Waals surface area contributed by atoms with Crippen LogP contribution < -0.4 is 5.32 Å².